The van der Waals surface area contributed by atoms with Gasteiger partial charge in [-0.1, -0.05) is 0 Å². The largest absolute Gasteiger partial charge is 0.269 e. The monoisotopic (exact) mass is 222 g/mol. The van der Waals surface area contributed by atoms with Gasteiger partial charge in [0.25, 0.3) is 0 Å². The summed E-state index contributed by atoms with van der Waals surface area (Å²) in [5.41, 5.74) is 0. The van der Waals surface area contributed by atoms with Crippen LogP contribution in [0.4, 0.5) is 0 Å². The van der Waals surface area contributed by atoms with E-state index in [2.05, 4.69) is 18.9 Å². The van der Waals surface area contributed by atoms with Crippen molar-refractivity contribution in [3.05, 3.63) is 0 Å². The van der Waals surface area contributed by atoms with Crippen LogP contribution < -0.4 is 5.84 Å². The first kappa shape index (κ1) is 11.0. The van der Waals surface area contributed by atoms with Gasteiger partial charge in [0.05, 0.1) is 0 Å². The lowest BCUT2D eigenvalue weighted by Gasteiger charge is -2.55. The molecule has 4 aliphatic carbocycles. The van der Waals surface area contributed by atoms with Crippen LogP contribution in [0, 0.1) is 29.6 Å². The predicted molar refractivity (Wildman–Crippen MR) is 66.6 cm³/mol. The maximum atomic E-state index is 6.13. The van der Waals surface area contributed by atoms with E-state index in [9.17, 15) is 0 Å². The van der Waals surface area contributed by atoms with Gasteiger partial charge >= 0.3 is 0 Å². The Hall–Kier alpha value is -0.0800. The molecule has 0 aromatic heterocycles. The van der Waals surface area contributed by atoms with Gasteiger partial charge in [-0.3, -0.25) is 5.84 Å². The van der Waals surface area contributed by atoms with Crippen molar-refractivity contribution in [2.45, 2.75) is 52.0 Å². The van der Waals surface area contributed by atoms with Crippen LogP contribution in [0.3, 0.4) is 0 Å². The van der Waals surface area contributed by atoms with Gasteiger partial charge in [0, 0.05) is 12.6 Å². The normalized spacial score (nSPS) is 45.9. The molecule has 2 nitrogen and oxygen atoms in total. The van der Waals surface area contributed by atoms with Crippen LogP contribution >= 0.6 is 0 Å². The molecule has 4 aliphatic rings. The number of hydrazine groups is 1. The molecule has 0 amide bonds. The molecule has 0 unspecified atom stereocenters. The first-order chi connectivity index (χ1) is 7.63. The number of rotatable bonds is 3. The summed E-state index contributed by atoms with van der Waals surface area (Å²) in [7, 11) is 0. The van der Waals surface area contributed by atoms with Gasteiger partial charge < -0.3 is 0 Å². The third-order valence-corrected chi connectivity index (χ3v) is 5.51. The standard InChI is InChI=1S/C14H26N2/c1-9(2)16(15)8-14-12-4-10-3-11(6-12)7-13(14)5-10/h9-14H,3-8,15H2,1-2H3. The molecule has 2 heteroatoms. The number of nitrogens with two attached hydrogens (primary N) is 1. The van der Waals surface area contributed by atoms with Gasteiger partial charge in [0.15, 0.2) is 0 Å². The van der Waals surface area contributed by atoms with Gasteiger partial charge in [-0.25, -0.2) is 5.01 Å². The second-order valence-corrected chi connectivity index (χ2v) is 6.89. The van der Waals surface area contributed by atoms with Crippen molar-refractivity contribution in [2.75, 3.05) is 6.54 Å². The molecule has 0 aromatic carbocycles. The molecule has 0 aromatic rings. The van der Waals surface area contributed by atoms with Crippen LogP contribution in [-0.2, 0) is 0 Å². The first-order valence-corrected chi connectivity index (χ1v) is 7.14. The summed E-state index contributed by atoms with van der Waals surface area (Å²) in [6, 6.07) is 0.497. The smallest absolute Gasteiger partial charge is 0.0184 e. The van der Waals surface area contributed by atoms with Gasteiger partial charge in [0.2, 0.25) is 0 Å². The van der Waals surface area contributed by atoms with Crippen molar-refractivity contribution >= 4 is 0 Å². The first-order valence-electron chi connectivity index (χ1n) is 7.14. The highest BCUT2D eigenvalue weighted by Crippen LogP contribution is 2.56. The molecule has 4 bridgehead atoms. The van der Waals surface area contributed by atoms with Crippen LogP contribution in [0.2, 0.25) is 0 Å². The zero-order chi connectivity index (χ0) is 11.3. The fraction of sp³-hybridized carbons (Fsp3) is 1.00. The average molecular weight is 222 g/mol. The van der Waals surface area contributed by atoms with Crippen LogP contribution in [0.5, 0.6) is 0 Å². The minimum absolute atomic E-state index is 0.497. The highest BCUT2D eigenvalue weighted by Gasteiger charge is 2.48. The summed E-state index contributed by atoms with van der Waals surface area (Å²) in [5.74, 6) is 11.3. The zero-order valence-electron chi connectivity index (χ0n) is 10.7. The Kier molecular flexibility index (Phi) is 2.75. The van der Waals surface area contributed by atoms with Gasteiger partial charge in [-0.05, 0) is 75.5 Å². The molecule has 0 saturated heterocycles. The van der Waals surface area contributed by atoms with Crippen molar-refractivity contribution in [1.29, 1.82) is 0 Å². The van der Waals surface area contributed by atoms with Crippen molar-refractivity contribution in [2.24, 2.45) is 35.4 Å². The summed E-state index contributed by atoms with van der Waals surface area (Å²) in [6.45, 7) is 5.55. The Morgan fingerprint density at radius 2 is 1.50 bits per heavy atom. The molecular weight excluding hydrogens is 196 g/mol. The molecule has 0 heterocycles. The second kappa shape index (κ2) is 3.99. The van der Waals surface area contributed by atoms with E-state index in [4.69, 9.17) is 5.84 Å². The Bertz CT molecular complexity index is 233. The summed E-state index contributed by atoms with van der Waals surface area (Å²) in [4.78, 5) is 0. The zero-order valence-corrected chi connectivity index (χ0v) is 10.7. The molecule has 4 fully saturated rings. The third-order valence-electron chi connectivity index (χ3n) is 5.51. The molecule has 92 valence electrons. The highest BCUT2D eigenvalue weighted by molar-refractivity contribution is 4.98. The van der Waals surface area contributed by atoms with E-state index in [1.54, 1.807) is 6.42 Å². The van der Waals surface area contributed by atoms with Crippen LogP contribution in [0.25, 0.3) is 0 Å². The Labute approximate surface area is 99.5 Å². The van der Waals surface area contributed by atoms with Crippen molar-refractivity contribution in [3.63, 3.8) is 0 Å². The molecule has 0 radical (unpaired) electrons. The predicted octanol–water partition coefficient (Wildman–Crippen LogP) is 2.64. The molecule has 0 atom stereocenters. The molecule has 0 aliphatic heterocycles. The molecular formula is C14H26N2. The maximum absolute atomic E-state index is 6.13. The van der Waals surface area contributed by atoms with E-state index in [0.29, 0.717) is 6.04 Å². The van der Waals surface area contributed by atoms with Gasteiger partial charge in [0.1, 0.15) is 0 Å². The van der Waals surface area contributed by atoms with Crippen molar-refractivity contribution in [1.82, 2.24) is 5.01 Å². The average Bonchev–Trinajstić information content (AvgIpc) is 2.21. The summed E-state index contributed by atoms with van der Waals surface area (Å²) >= 11 is 0. The van der Waals surface area contributed by atoms with E-state index in [1.807, 2.05) is 0 Å². The molecule has 0 spiro atoms. The van der Waals surface area contributed by atoms with Gasteiger partial charge in [-0.2, -0.15) is 0 Å². The van der Waals surface area contributed by atoms with Crippen LogP contribution in [0.1, 0.15) is 46.0 Å². The van der Waals surface area contributed by atoms with Crippen LogP contribution in [-0.4, -0.2) is 17.6 Å². The quantitative estimate of drug-likeness (QED) is 0.587. The minimum atomic E-state index is 0.497. The van der Waals surface area contributed by atoms with E-state index >= 15 is 0 Å². The van der Waals surface area contributed by atoms with E-state index in [-0.39, 0.29) is 0 Å². The number of nitrogens with zero attached hydrogens (tertiary/aromatic N) is 1. The Balaban J connectivity index is 1.67. The topological polar surface area (TPSA) is 29.3 Å². The Morgan fingerprint density at radius 1 is 1.00 bits per heavy atom. The summed E-state index contributed by atoms with van der Waals surface area (Å²) in [5, 5.41) is 2.08. The highest BCUT2D eigenvalue weighted by atomic mass is 15.4. The SMILES string of the molecule is CC(C)N(N)CC1C2CC3CC(C2)CC1C3. The molecule has 16 heavy (non-hydrogen) atoms. The number of hydrogen-bond donors (Lipinski definition) is 1. The van der Waals surface area contributed by atoms with E-state index < -0.39 is 0 Å². The van der Waals surface area contributed by atoms with Crippen molar-refractivity contribution < 1.29 is 0 Å². The van der Waals surface area contributed by atoms with Gasteiger partial charge in [-0.15, -0.1) is 0 Å². The minimum Gasteiger partial charge on any atom is -0.269 e. The lowest BCUT2D eigenvalue weighted by molar-refractivity contribution is -0.0523. The van der Waals surface area contributed by atoms with Crippen LogP contribution in [0.15, 0.2) is 0 Å². The second-order valence-electron chi connectivity index (χ2n) is 6.89. The van der Waals surface area contributed by atoms with E-state index in [0.717, 1.165) is 36.1 Å². The molecule has 2 N–H and O–H groups in total. The maximum Gasteiger partial charge on any atom is 0.0184 e. The third kappa shape index (κ3) is 1.80. The molecule has 4 saturated carbocycles. The summed E-state index contributed by atoms with van der Waals surface area (Å²) in [6.07, 6.45) is 7.62. The fourth-order valence-corrected chi connectivity index (χ4v) is 4.79. The van der Waals surface area contributed by atoms with Crippen molar-refractivity contribution in [3.8, 4) is 0 Å². The Morgan fingerprint density at radius 3 is 1.94 bits per heavy atom. The fourth-order valence-electron chi connectivity index (χ4n) is 4.79. The number of hydrogen-bond acceptors (Lipinski definition) is 2. The lowest BCUT2D eigenvalue weighted by atomic mass is 9.52. The van der Waals surface area contributed by atoms with E-state index in [1.165, 1.54) is 25.7 Å². The summed E-state index contributed by atoms with van der Waals surface area (Å²) < 4.78 is 0. The lowest BCUT2D eigenvalue weighted by Crippen LogP contribution is -2.51. The molecule has 4 rings (SSSR count).